The Labute approximate surface area is 162 Å². The molecule has 2 aromatic rings. The van der Waals surface area contributed by atoms with Gasteiger partial charge in [-0.2, -0.15) is 0 Å². The third-order valence-corrected chi connectivity index (χ3v) is 4.91. The molecule has 7 nitrogen and oxygen atoms in total. The average molecular weight is 383 g/mol. The first-order valence-corrected chi connectivity index (χ1v) is 9.05. The van der Waals surface area contributed by atoms with Crippen molar-refractivity contribution in [1.82, 2.24) is 4.90 Å². The van der Waals surface area contributed by atoms with E-state index in [1.54, 1.807) is 17.0 Å². The summed E-state index contributed by atoms with van der Waals surface area (Å²) in [5, 5.41) is 19.6. The second-order valence-corrected chi connectivity index (χ2v) is 6.62. The Balaban J connectivity index is 1.81. The zero-order chi connectivity index (χ0) is 20.1. The van der Waals surface area contributed by atoms with Crippen molar-refractivity contribution >= 4 is 18.5 Å². The molecular formula is C21H21NO6. The number of rotatable bonds is 6. The fraction of sp³-hybridized carbons (Fsp3) is 0.286. The van der Waals surface area contributed by atoms with E-state index in [0.29, 0.717) is 25.5 Å². The Kier molecular flexibility index (Phi) is 5.93. The summed E-state index contributed by atoms with van der Waals surface area (Å²) in [7, 11) is 0. The molecule has 0 aliphatic carbocycles. The highest BCUT2D eigenvalue weighted by atomic mass is 16.5. The van der Waals surface area contributed by atoms with Crippen LogP contribution >= 0.6 is 0 Å². The van der Waals surface area contributed by atoms with Crippen molar-refractivity contribution in [3.8, 4) is 17.2 Å². The van der Waals surface area contributed by atoms with E-state index in [2.05, 4.69) is 0 Å². The summed E-state index contributed by atoms with van der Waals surface area (Å²) >= 11 is 0. The highest BCUT2D eigenvalue weighted by Gasteiger charge is 2.30. The van der Waals surface area contributed by atoms with Crippen LogP contribution in [0.2, 0.25) is 0 Å². The zero-order valence-electron chi connectivity index (χ0n) is 15.2. The number of benzene rings is 2. The van der Waals surface area contributed by atoms with Crippen molar-refractivity contribution in [2.75, 3.05) is 13.2 Å². The van der Waals surface area contributed by atoms with E-state index in [0.717, 1.165) is 12.8 Å². The monoisotopic (exact) mass is 383 g/mol. The van der Waals surface area contributed by atoms with E-state index in [1.807, 2.05) is 0 Å². The maximum absolute atomic E-state index is 13.0. The minimum atomic E-state index is -0.349. The molecule has 2 N–H and O–H groups in total. The number of nitrogens with zero attached hydrogens (tertiary/aromatic N) is 1. The molecule has 1 heterocycles. The van der Waals surface area contributed by atoms with Gasteiger partial charge in [0.1, 0.15) is 23.9 Å². The summed E-state index contributed by atoms with van der Waals surface area (Å²) < 4.78 is 5.74. The van der Waals surface area contributed by atoms with Crippen LogP contribution in [0, 0.1) is 0 Å². The predicted octanol–water partition coefficient (Wildman–Crippen LogP) is 2.80. The molecule has 0 aromatic heterocycles. The Morgan fingerprint density at radius 1 is 1.04 bits per heavy atom. The summed E-state index contributed by atoms with van der Waals surface area (Å²) in [5.41, 5.74) is 0.175. The lowest BCUT2D eigenvalue weighted by atomic mass is 9.99. The molecule has 28 heavy (non-hydrogen) atoms. The van der Waals surface area contributed by atoms with Crippen molar-refractivity contribution in [3.63, 3.8) is 0 Å². The van der Waals surface area contributed by atoms with E-state index in [4.69, 9.17) is 4.74 Å². The number of amides is 1. The molecule has 1 aliphatic rings. The number of aromatic hydroxyl groups is 2. The standard InChI is InChI=1S/C21H21NO6/c23-11-16-15(6-3-7-18(16)25)21(27)22-10-2-1-5-14(22)13-28-20-9-4-8-19(26)17(20)12-24/h3-4,6-9,11-12,14,25-26H,1-2,5,10,13H2/t14-/m0/s1. The van der Waals surface area contributed by atoms with Crippen LogP contribution in [0.15, 0.2) is 36.4 Å². The molecule has 1 amide bonds. The molecular weight excluding hydrogens is 362 g/mol. The van der Waals surface area contributed by atoms with Gasteiger partial charge in [-0.25, -0.2) is 0 Å². The van der Waals surface area contributed by atoms with Crippen molar-refractivity contribution in [1.29, 1.82) is 0 Å². The molecule has 2 aromatic carbocycles. The Hall–Kier alpha value is -3.35. The lowest BCUT2D eigenvalue weighted by Gasteiger charge is -2.36. The van der Waals surface area contributed by atoms with Gasteiger partial charge < -0.3 is 19.8 Å². The van der Waals surface area contributed by atoms with Crippen LogP contribution in [0.4, 0.5) is 0 Å². The fourth-order valence-corrected chi connectivity index (χ4v) is 3.42. The van der Waals surface area contributed by atoms with E-state index in [9.17, 15) is 24.6 Å². The number of phenols is 2. The van der Waals surface area contributed by atoms with Gasteiger partial charge in [-0.1, -0.05) is 12.1 Å². The van der Waals surface area contributed by atoms with Crippen molar-refractivity contribution in [3.05, 3.63) is 53.1 Å². The maximum Gasteiger partial charge on any atom is 0.255 e. The Morgan fingerprint density at radius 3 is 2.43 bits per heavy atom. The minimum Gasteiger partial charge on any atom is -0.507 e. The van der Waals surface area contributed by atoms with Gasteiger partial charge in [-0.05, 0) is 43.5 Å². The number of aldehydes is 2. The first kappa shape index (κ1) is 19.4. The number of carbonyl (C=O) groups is 3. The molecule has 0 spiro atoms. The van der Waals surface area contributed by atoms with E-state index in [1.165, 1.54) is 24.3 Å². The van der Waals surface area contributed by atoms with Crippen LogP contribution in [0.5, 0.6) is 17.2 Å². The molecule has 0 unspecified atom stereocenters. The molecule has 1 saturated heterocycles. The van der Waals surface area contributed by atoms with Gasteiger partial charge in [0.05, 0.1) is 22.7 Å². The van der Waals surface area contributed by atoms with Gasteiger partial charge >= 0.3 is 0 Å². The molecule has 1 aliphatic heterocycles. The van der Waals surface area contributed by atoms with Crippen molar-refractivity contribution in [2.24, 2.45) is 0 Å². The highest BCUT2D eigenvalue weighted by molar-refractivity contribution is 6.03. The SMILES string of the molecule is O=Cc1c(O)cccc1OC[C@@H]1CCCCN1C(=O)c1cccc(O)c1C=O. The number of phenolic OH excluding ortho intramolecular Hbond substituents is 2. The lowest BCUT2D eigenvalue weighted by molar-refractivity contribution is 0.0524. The normalized spacial score (nSPS) is 16.4. The summed E-state index contributed by atoms with van der Waals surface area (Å²) in [6.45, 7) is 0.645. The van der Waals surface area contributed by atoms with Crippen LogP contribution in [-0.4, -0.2) is 52.8 Å². The summed E-state index contributed by atoms with van der Waals surface area (Å²) in [6, 6.07) is 8.69. The van der Waals surface area contributed by atoms with E-state index in [-0.39, 0.29) is 52.5 Å². The largest absolute Gasteiger partial charge is 0.507 e. The molecule has 1 atom stereocenters. The molecule has 0 bridgehead atoms. The van der Waals surface area contributed by atoms with Crippen LogP contribution in [0.3, 0.4) is 0 Å². The van der Waals surface area contributed by atoms with Gasteiger partial charge in [0.15, 0.2) is 12.6 Å². The minimum absolute atomic E-state index is 0.0334. The molecule has 0 radical (unpaired) electrons. The number of ether oxygens (including phenoxy) is 1. The van der Waals surface area contributed by atoms with Crippen LogP contribution in [-0.2, 0) is 0 Å². The van der Waals surface area contributed by atoms with Crippen LogP contribution in [0.1, 0.15) is 50.3 Å². The molecule has 146 valence electrons. The number of carbonyl (C=O) groups excluding carboxylic acids is 3. The number of hydrogen-bond acceptors (Lipinski definition) is 6. The maximum atomic E-state index is 13.0. The van der Waals surface area contributed by atoms with Crippen LogP contribution in [0.25, 0.3) is 0 Å². The van der Waals surface area contributed by atoms with Crippen molar-refractivity contribution < 1.29 is 29.3 Å². The van der Waals surface area contributed by atoms with Gasteiger partial charge in [0.2, 0.25) is 0 Å². The summed E-state index contributed by atoms with van der Waals surface area (Å²) in [6.07, 6.45) is 3.44. The van der Waals surface area contributed by atoms with Gasteiger partial charge in [0, 0.05) is 6.54 Å². The quantitative estimate of drug-likeness (QED) is 0.744. The first-order valence-electron chi connectivity index (χ1n) is 9.05. The lowest BCUT2D eigenvalue weighted by Crippen LogP contribution is -2.47. The van der Waals surface area contributed by atoms with Crippen molar-refractivity contribution in [2.45, 2.75) is 25.3 Å². The first-order chi connectivity index (χ1) is 13.6. The fourth-order valence-electron chi connectivity index (χ4n) is 3.42. The Bertz CT molecular complexity index is 894. The topological polar surface area (TPSA) is 104 Å². The van der Waals surface area contributed by atoms with Crippen LogP contribution < -0.4 is 4.74 Å². The number of likely N-dealkylation sites (tertiary alicyclic amines) is 1. The smallest absolute Gasteiger partial charge is 0.255 e. The zero-order valence-corrected chi connectivity index (χ0v) is 15.2. The second kappa shape index (κ2) is 8.56. The summed E-state index contributed by atoms with van der Waals surface area (Å²) in [5.74, 6) is -0.503. The van der Waals surface area contributed by atoms with Gasteiger partial charge in [-0.3, -0.25) is 14.4 Å². The molecule has 1 fully saturated rings. The second-order valence-electron chi connectivity index (χ2n) is 6.62. The number of hydrogen-bond donors (Lipinski definition) is 2. The molecule has 7 heteroatoms. The van der Waals surface area contributed by atoms with Gasteiger partial charge in [-0.15, -0.1) is 0 Å². The molecule has 3 rings (SSSR count). The summed E-state index contributed by atoms with van der Waals surface area (Å²) in [4.78, 5) is 37.2. The number of piperidine rings is 1. The van der Waals surface area contributed by atoms with Gasteiger partial charge in [0.25, 0.3) is 5.91 Å². The predicted molar refractivity (Wildman–Crippen MR) is 101 cm³/mol. The van der Waals surface area contributed by atoms with E-state index >= 15 is 0 Å². The highest BCUT2D eigenvalue weighted by Crippen LogP contribution is 2.28. The average Bonchev–Trinajstić information content (AvgIpc) is 2.71. The third kappa shape index (κ3) is 3.83. The van der Waals surface area contributed by atoms with E-state index < -0.39 is 0 Å². The third-order valence-electron chi connectivity index (χ3n) is 4.91. The molecule has 0 saturated carbocycles. The Morgan fingerprint density at radius 2 is 1.71 bits per heavy atom.